The number of anilines is 1. The van der Waals surface area contributed by atoms with Gasteiger partial charge in [-0.2, -0.15) is 0 Å². The fourth-order valence-corrected chi connectivity index (χ4v) is 2.85. The van der Waals surface area contributed by atoms with Gasteiger partial charge in [0.2, 0.25) is 0 Å². The van der Waals surface area contributed by atoms with Gasteiger partial charge in [-0.1, -0.05) is 18.2 Å². The summed E-state index contributed by atoms with van der Waals surface area (Å²) in [5.41, 5.74) is -0.0148. The Hall–Kier alpha value is -2.76. The van der Waals surface area contributed by atoms with Crippen LogP contribution in [0.25, 0.3) is 0 Å². The van der Waals surface area contributed by atoms with Crippen LogP contribution in [0.4, 0.5) is 14.5 Å². The van der Waals surface area contributed by atoms with Crippen LogP contribution in [0.15, 0.2) is 64.8 Å². The summed E-state index contributed by atoms with van der Waals surface area (Å²) in [5, 5.41) is 9.46. The molecular weight excluding hydrogens is 304 g/mol. The molecule has 2 aliphatic rings. The fourth-order valence-electron chi connectivity index (χ4n) is 2.85. The van der Waals surface area contributed by atoms with E-state index in [0.717, 1.165) is 0 Å². The number of carbonyl (C=O) groups excluding carboxylic acids is 1. The summed E-state index contributed by atoms with van der Waals surface area (Å²) < 4.78 is 28.5. The van der Waals surface area contributed by atoms with E-state index in [1.165, 1.54) is 18.0 Å². The molecule has 0 fully saturated rings. The lowest BCUT2D eigenvalue weighted by Gasteiger charge is -2.33. The lowest BCUT2D eigenvalue weighted by atomic mass is 9.83. The van der Waals surface area contributed by atoms with Crippen LogP contribution in [0.2, 0.25) is 0 Å². The number of aliphatic carboxylic acids is 1. The van der Waals surface area contributed by atoms with E-state index in [2.05, 4.69) is 0 Å². The molecule has 0 saturated carbocycles. The van der Waals surface area contributed by atoms with Crippen LogP contribution in [-0.4, -0.2) is 23.0 Å². The second kappa shape index (κ2) is 5.46. The first kappa shape index (κ1) is 15.1. The number of allylic oxidation sites excluding steroid dienone is 3. The molecule has 1 unspecified atom stereocenters. The molecule has 0 saturated heterocycles. The third-order valence-corrected chi connectivity index (χ3v) is 3.93. The van der Waals surface area contributed by atoms with Crippen molar-refractivity contribution in [1.82, 2.24) is 0 Å². The zero-order valence-electron chi connectivity index (χ0n) is 12.2. The standard InChI is InChI=1S/C17H13F2NO3/c1-9-14(17(22)23)15-11(16(19)13(21)7-12(15)18)8-20(9)10-5-3-2-4-6-10/h2-6,8,16H,7H2,1H3,(H,22,23). The summed E-state index contributed by atoms with van der Waals surface area (Å²) in [5.74, 6) is -3.17. The van der Waals surface area contributed by atoms with Gasteiger partial charge in [0.1, 0.15) is 5.83 Å². The molecule has 1 aromatic carbocycles. The molecule has 1 aromatic rings. The number of para-hydroxylation sites is 1. The fraction of sp³-hybridized carbons (Fsp3) is 0.176. The Balaban J connectivity index is 2.26. The van der Waals surface area contributed by atoms with Gasteiger partial charge in [0, 0.05) is 28.7 Å². The largest absolute Gasteiger partial charge is 0.478 e. The van der Waals surface area contributed by atoms with Crippen LogP contribution >= 0.6 is 0 Å². The first-order valence-electron chi connectivity index (χ1n) is 6.98. The average molecular weight is 317 g/mol. The number of benzene rings is 1. The van der Waals surface area contributed by atoms with Gasteiger partial charge in [-0.3, -0.25) is 4.79 Å². The van der Waals surface area contributed by atoms with Crippen LogP contribution in [0.1, 0.15) is 13.3 Å². The molecule has 1 aliphatic carbocycles. The number of halogens is 2. The maximum absolute atomic E-state index is 14.3. The second-order valence-corrected chi connectivity index (χ2v) is 5.34. The summed E-state index contributed by atoms with van der Waals surface area (Å²) in [7, 11) is 0. The van der Waals surface area contributed by atoms with Crippen molar-refractivity contribution in [3.63, 3.8) is 0 Å². The highest BCUT2D eigenvalue weighted by atomic mass is 19.1. The van der Waals surface area contributed by atoms with Crippen molar-refractivity contribution in [2.45, 2.75) is 19.5 Å². The highest BCUT2D eigenvalue weighted by Crippen LogP contribution is 2.41. The minimum Gasteiger partial charge on any atom is -0.478 e. The molecule has 23 heavy (non-hydrogen) atoms. The molecule has 1 N–H and O–H groups in total. The summed E-state index contributed by atoms with van der Waals surface area (Å²) in [4.78, 5) is 24.7. The van der Waals surface area contributed by atoms with E-state index in [1.807, 2.05) is 0 Å². The lowest BCUT2D eigenvalue weighted by Crippen LogP contribution is -2.33. The number of carboxylic acid groups (broad SMARTS) is 1. The second-order valence-electron chi connectivity index (χ2n) is 5.34. The van der Waals surface area contributed by atoms with Gasteiger partial charge in [0.15, 0.2) is 12.0 Å². The molecule has 0 spiro atoms. The quantitative estimate of drug-likeness (QED) is 0.909. The van der Waals surface area contributed by atoms with Crippen LogP contribution in [0, 0.1) is 0 Å². The molecule has 6 heteroatoms. The normalized spacial score (nSPS) is 21.3. The monoisotopic (exact) mass is 317 g/mol. The molecule has 1 atom stereocenters. The number of hydrogen-bond donors (Lipinski definition) is 1. The van der Waals surface area contributed by atoms with Gasteiger partial charge in [0.25, 0.3) is 0 Å². The van der Waals surface area contributed by atoms with Crippen LogP contribution in [0.3, 0.4) is 0 Å². The van der Waals surface area contributed by atoms with Crippen LogP contribution in [-0.2, 0) is 9.59 Å². The molecule has 4 nitrogen and oxygen atoms in total. The molecule has 118 valence electrons. The van der Waals surface area contributed by atoms with E-state index in [0.29, 0.717) is 5.69 Å². The number of carbonyl (C=O) groups is 2. The predicted octanol–water partition coefficient (Wildman–Crippen LogP) is 3.28. The Morgan fingerprint density at radius 3 is 2.57 bits per heavy atom. The van der Waals surface area contributed by atoms with E-state index in [1.54, 1.807) is 30.3 Å². The van der Waals surface area contributed by atoms with E-state index < -0.39 is 30.2 Å². The minimum atomic E-state index is -2.03. The van der Waals surface area contributed by atoms with Gasteiger partial charge in [-0.25, -0.2) is 13.6 Å². The van der Waals surface area contributed by atoms with Crippen molar-refractivity contribution in [3.8, 4) is 0 Å². The Morgan fingerprint density at radius 2 is 1.96 bits per heavy atom. The van der Waals surface area contributed by atoms with E-state index in [4.69, 9.17) is 0 Å². The van der Waals surface area contributed by atoms with Crippen LogP contribution in [0.5, 0.6) is 0 Å². The lowest BCUT2D eigenvalue weighted by molar-refractivity contribution is -0.132. The molecule has 1 heterocycles. The van der Waals surface area contributed by atoms with Crippen molar-refractivity contribution >= 4 is 17.4 Å². The van der Waals surface area contributed by atoms with Gasteiger partial charge < -0.3 is 10.0 Å². The molecule has 0 radical (unpaired) electrons. The summed E-state index contributed by atoms with van der Waals surface area (Å²) in [6, 6.07) is 8.69. The number of hydrogen-bond acceptors (Lipinski definition) is 3. The van der Waals surface area contributed by atoms with Gasteiger partial charge in [-0.15, -0.1) is 0 Å². The number of carboxylic acids is 1. The predicted molar refractivity (Wildman–Crippen MR) is 80.0 cm³/mol. The van der Waals surface area contributed by atoms with Gasteiger partial charge >= 0.3 is 5.97 Å². The number of ketones is 1. The molecule has 0 bridgehead atoms. The number of fused-ring (bicyclic) bond motifs is 1. The van der Waals surface area contributed by atoms with Gasteiger partial charge in [0.05, 0.1) is 12.0 Å². The third kappa shape index (κ3) is 2.36. The Kier molecular flexibility index (Phi) is 3.60. The Labute approximate surface area is 131 Å². The number of rotatable bonds is 2. The number of Topliss-reactive ketones (excluding diaryl/α,β-unsaturated/α-hetero) is 1. The van der Waals surface area contributed by atoms with Crippen molar-refractivity contribution in [2.75, 3.05) is 4.90 Å². The maximum atomic E-state index is 14.3. The highest BCUT2D eigenvalue weighted by Gasteiger charge is 2.40. The number of nitrogens with zero attached hydrogens (tertiary/aromatic N) is 1. The molecule has 0 amide bonds. The topological polar surface area (TPSA) is 57.6 Å². The molecule has 1 aliphatic heterocycles. The third-order valence-electron chi connectivity index (χ3n) is 3.93. The minimum absolute atomic E-state index is 0.245. The summed E-state index contributed by atoms with van der Waals surface area (Å²) in [6.07, 6.45) is -1.45. The zero-order chi connectivity index (χ0) is 16.7. The summed E-state index contributed by atoms with van der Waals surface area (Å²) >= 11 is 0. The molecular formula is C17H13F2NO3. The first-order chi connectivity index (χ1) is 10.9. The Bertz CT molecular complexity index is 793. The number of alkyl halides is 1. The van der Waals surface area contributed by atoms with Crippen molar-refractivity contribution in [2.24, 2.45) is 0 Å². The molecule has 3 rings (SSSR count). The van der Waals surface area contributed by atoms with E-state index in [-0.39, 0.29) is 22.4 Å². The van der Waals surface area contributed by atoms with Crippen molar-refractivity contribution < 1.29 is 23.5 Å². The summed E-state index contributed by atoms with van der Waals surface area (Å²) in [6.45, 7) is 1.52. The zero-order valence-corrected chi connectivity index (χ0v) is 12.2. The van der Waals surface area contributed by atoms with Crippen molar-refractivity contribution in [1.29, 1.82) is 0 Å². The van der Waals surface area contributed by atoms with Crippen molar-refractivity contribution in [3.05, 3.63) is 64.8 Å². The van der Waals surface area contributed by atoms with E-state index in [9.17, 15) is 23.5 Å². The molecule has 0 aromatic heterocycles. The van der Waals surface area contributed by atoms with Gasteiger partial charge in [-0.05, 0) is 19.1 Å². The Morgan fingerprint density at radius 1 is 1.30 bits per heavy atom. The SMILES string of the molecule is CC1=C(C(=O)O)C2=C(F)CC(=O)C(F)C2=CN1c1ccccc1. The first-order valence-corrected chi connectivity index (χ1v) is 6.98. The van der Waals surface area contributed by atoms with Crippen LogP contribution < -0.4 is 4.90 Å². The maximum Gasteiger partial charge on any atom is 0.338 e. The smallest absolute Gasteiger partial charge is 0.338 e. The highest BCUT2D eigenvalue weighted by molar-refractivity contribution is 6.01. The average Bonchev–Trinajstić information content (AvgIpc) is 2.52. The van der Waals surface area contributed by atoms with E-state index >= 15 is 0 Å².